The number of carbonyl (C=O) groups is 4. The predicted octanol–water partition coefficient (Wildman–Crippen LogP) is 8.54. The molecule has 0 aliphatic carbocycles. The number of alkyl halides is 3. The first kappa shape index (κ1) is 44.3. The molecule has 340 valence electrons. The lowest BCUT2D eigenvalue weighted by atomic mass is 10.0. The number of aromatic amines is 2. The summed E-state index contributed by atoms with van der Waals surface area (Å²) in [5.74, 6) is 0.297. The Morgan fingerprint density at radius 2 is 1.17 bits per heavy atom. The maximum Gasteiger partial charge on any atom is 0.416 e. The molecule has 0 radical (unpaired) electrons. The van der Waals surface area contributed by atoms with Gasteiger partial charge in [-0.3, -0.25) is 9.59 Å². The highest BCUT2D eigenvalue weighted by Crippen LogP contribution is 2.48. The maximum absolute atomic E-state index is 13.8. The van der Waals surface area contributed by atoms with E-state index in [1.165, 1.54) is 19.2 Å². The van der Waals surface area contributed by atoms with Crippen molar-refractivity contribution in [1.82, 2.24) is 40.4 Å². The normalized spacial score (nSPS) is 21.3. The molecule has 5 N–H and O–H groups in total. The molecule has 3 fully saturated rings. The molecule has 0 saturated carbocycles. The summed E-state index contributed by atoms with van der Waals surface area (Å²) in [6.07, 6.45) is -2.21. The van der Waals surface area contributed by atoms with Crippen LogP contribution in [0.2, 0.25) is 0 Å². The lowest BCUT2D eigenvalue weighted by Crippen LogP contribution is -2.51. The SMILES string of the molecule is COC(=O)N[C@H](C(=O)N1CCC[C@H]1c1nc2cc([C@@H]3CC[C@@H](c4ccc5[nH]c([C@@H]6CCCN6C(=O)[C@@H](NC(=O)O)C(C)C)nc5c4)N3c3ccc(C(F)(F)F)cc3)ccc2[nH]1)C(C)C. The monoisotopic (exact) mass is 885 g/mol. The number of hydrogen-bond donors (Lipinski definition) is 5. The number of carbonyl (C=O) groups excluding carboxylic acids is 3. The third-order valence-corrected chi connectivity index (χ3v) is 13.0. The van der Waals surface area contributed by atoms with Crippen molar-refractivity contribution < 1.29 is 42.2 Å². The molecule has 3 aromatic carbocycles. The molecule has 18 heteroatoms. The second kappa shape index (κ2) is 17.7. The molecule has 5 aromatic rings. The molecular weight excluding hydrogens is 832 g/mol. The van der Waals surface area contributed by atoms with E-state index in [0.717, 1.165) is 47.1 Å². The van der Waals surface area contributed by atoms with Crippen molar-refractivity contribution in [3.8, 4) is 0 Å². The first-order valence-corrected chi connectivity index (χ1v) is 21.9. The third-order valence-electron chi connectivity index (χ3n) is 13.0. The summed E-state index contributed by atoms with van der Waals surface area (Å²) in [6.45, 7) is 8.31. The van der Waals surface area contributed by atoms with Crippen LogP contribution < -0.4 is 15.5 Å². The summed E-state index contributed by atoms with van der Waals surface area (Å²) < 4.78 is 46.1. The van der Waals surface area contributed by atoms with E-state index >= 15 is 0 Å². The molecule has 6 atom stereocenters. The van der Waals surface area contributed by atoms with Crippen molar-refractivity contribution >= 4 is 51.8 Å². The molecule has 2 aromatic heterocycles. The van der Waals surface area contributed by atoms with Gasteiger partial charge in [0.25, 0.3) is 0 Å². The van der Waals surface area contributed by atoms with Crippen LogP contribution in [0.15, 0.2) is 60.7 Å². The Hall–Kier alpha value is -6.33. The van der Waals surface area contributed by atoms with E-state index in [2.05, 4.69) is 25.5 Å². The Labute approximate surface area is 368 Å². The topological polar surface area (TPSA) is 189 Å². The highest BCUT2D eigenvalue weighted by atomic mass is 19.4. The number of carboxylic acid groups (broad SMARTS) is 1. The molecule has 3 aliphatic heterocycles. The van der Waals surface area contributed by atoms with Gasteiger partial charge in [-0.05, 0) is 110 Å². The molecular formula is C46H54F3N9O6. The molecule has 0 unspecified atom stereocenters. The van der Waals surface area contributed by atoms with E-state index in [-0.39, 0.29) is 47.8 Å². The standard InChI is InChI=1S/C46H54F3N9O6/c1-24(2)38(54-44(61)62)42(59)56-20-6-8-36(56)40-50-30-16-10-26(22-32(30)52-40)34-18-19-35(58(34)29-14-12-28(13-15-29)46(47,48)49)27-11-17-31-33(23-27)53-41(51-31)37-9-7-21-57(37)43(60)39(25(3)4)55-45(63)64-5/h10-17,22-25,34-39,54H,6-9,18-21H2,1-5H3,(H,50,52)(H,51,53)(H,55,63)(H,61,62)/t34-,35-,36-,37-,38-,39-/m0/s1. The summed E-state index contributed by atoms with van der Waals surface area (Å²) in [6, 6.07) is 14.3. The van der Waals surface area contributed by atoms with Crippen LogP contribution >= 0.6 is 0 Å². The van der Waals surface area contributed by atoms with Gasteiger partial charge in [0.2, 0.25) is 11.8 Å². The molecule has 0 bridgehead atoms. The molecule has 15 nitrogen and oxygen atoms in total. The number of nitrogens with one attached hydrogen (secondary N) is 4. The number of ether oxygens (including phenoxy) is 1. The number of fused-ring (bicyclic) bond motifs is 2. The van der Waals surface area contributed by atoms with E-state index < -0.39 is 36.0 Å². The van der Waals surface area contributed by atoms with Crippen molar-refractivity contribution in [3.63, 3.8) is 0 Å². The Morgan fingerprint density at radius 1 is 0.703 bits per heavy atom. The Balaban J connectivity index is 1.09. The number of nitrogens with zero attached hydrogens (tertiary/aromatic N) is 5. The Morgan fingerprint density at radius 3 is 1.59 bits per heavy atom. The number of hydrogen-bond acceptors (Lipinski definition) is 8. The molecule has 3 saturated heterocycles. The van der Waals surface area contributed by atoms with Crippen LogP contribution in [-0.2, 0) is 20.5 Å². The van der Waals surface area contributed by atoms with Gasteiger partial charge in [-0.2, -0.15) is 13.2 Å². The largest absolute Gasteiger partial charge is 0.465 e. The Kier molecular flexibility index (Phi) is 12.2. The molecule has 8 rings (SSSR count). The minimum absolute atomic E-state index is 0.179. The number of rotatable bonds is 11. The van der Waals surface area contributed by atoms with E-state index in [9.17, 15) is 37.5 Å². The van der Waals surface area contributed by atoms with Crippen LogP contribution in [0.4, 0.5) is 28.4 Å². The van der Waals surface area contributed by atoms with Gasteiger partial charge in [-0.1, -0.05) is 39.8 Å². The van der Waals surface area contributed by atoms with Gasteiger partial charge in [0.15, 0.2) is 0 Å². The minimum atomic E-state index is -4.50. The summed E-state index contributed by atoms with van der Waals surface area (Å²) in [4.78, 5) is 73.5. The number of likely N-dealkylation sites (tertiary alicyclic amines) is 2. The number of halogens is 3. The van der Waals surface area contributed by atoms with Gasteiger partial charge in [0.1, 0.15) is 23.7 Å². The minimum Gasteiger partial charge on any atom is -0.465 e. The zero-order valence-electron chi connectivity index (χ0n) is 36.4. The van der Waals surface area contributed by atoms with Gasteiger partial charge in [-0.15, -0.1) is 0 Å². The molecule has 4 amide bonds. The predicted molar refractivity (Wildman–Crippen MR) is 232 cm³/mol. The summed E-state index contributed by atoms with van der Waals surface area (Å²) in [7, 11) is 1.26. The van der Waals surface area contributed by atoms with Crippen molar-refractivity contribution in [2.45, 2.75) is 109 Å². The number of imidazole rings is 2. The summed E-state index contributed by atoms with van der Waals surface area (Å²) >= 11 is 0. The number of amides is 4. The van der Waals surface area contributed by atoms with Crippen molar-refractivity contribution in [2.75, 3.05) is 25.1 Å². The number of aromatic nitrogens is 4. The molecule has 5 heterocycles. The van der Waals surface area contributed by atoms with Gasteiger partial charge < -0.3 is 45.1 Å². The first-order chi connectivity index (χ1) is 30.5. The quantitative estimate of drug-likeness (QED) is 0.0866. The maximum atomic E-state index is 13.8. The van der Waals surface area contributed by atoms with Crippen LogP contribution in [0.3, 0.4) is 0 Å². The van der Waals surface area contributed by atoms with Crippen molar-refractivity contribution in [2.24, 2.45) is 11.8 Å². The number of alkyl carbamates (subject to hydrolysis) is 1. The first-order valence-electron chi connectivity index (χ1n) is 21.9. The van der Waals surface area contributed by atoms with Gasteiger partial charge >= 0.3 is 18.4 Å². The smallest absolute Gasteiger partial charge is 0.416 e. The zero-order valence-corrected chi connectivity index (χ0v) is 36.4. The molecule has 0 spiro atoms. The third kappa shape index (κ3) is 8.65. The average Bonchev–Trinajstić information content (AvgIpc) is 4.11. The van der Waals surface area contributed by atoms with Crippen molar-refractivity contribution in [3.05, 3.63) is 89.0 Å². The van der Waals surface area contributed by atoms with Crippen LogP contribution in [0.5, 0.6) is 0 Å². The fourth-order valence-electron chi connectivity index (χ4n) is 9.80. The van der Waals surface area contributed by atoms with Gasteiger partial charge in [0.05, 0.1) is 58.9 Å². The fraction of sp³-hybridized carbons (Fsp3) is 0.478. The number of anilines is 1. The zero-order chi connectivity index (χ0) is 45.6. The summed E-state index contributed by atoms with van der Waals surface area (Å²) in [5.41, 5.74) is 4.66. The number of methoxy groups -OCH3 is 1. The van der Waals surface area contributed by atoms with Crippen LogP contribution in [0.1, 0.15) is 119 Å². The van der Waals surface area contributed by atoms with E-state index in [1.807, 2.05) is 50.2 Å². The lowest BCUT2D eigenvalue weighted by molar-refractivity contribution is -0.138. The Bertz CT molecular complexity index is 2540. The van der Waals surface area contributed by atoms with Crippen LogP contribution in [0.25, 0.3) is 22.1 Å². The van der Waals surface area contributed by atoms with Crippen LogP contribution in [-0.4, -0.2) is 91.1 Å². The number of H-pyrrole nitrogens is 2. The van der Waals surface area contributed by atoms with Gasteiger partial charge in [0, 0.05) is 18.8 Å². The van der Waals surface area contributed by atoms with E-state index in [1.54, 1.807) is 23.6 Å². The van der Waals surface area contributed by atoms with Gasteiger partial charge in [-0.25, -0.2) is 19.6 Å². The van der Waals surface area contributed by atoms with Crippen LogP contribution in [0, 0.1) is 11.8 Å². The highest BCUT2D eigenvalue weighted by Gasteiger charge is 2.41. The van der Waals surface area contributed by atoms with E-state index in [0.29, 0.717) is 67.1 Å². The molecule has 64 heavy (non-hydrogen) atoms. The highest BCUT2D eigenvalue weighted by molar-refractivity contribution is 5.87. The average molecular weight is 886 g/mol. The molecule has 3 aliphatic rings. The fourth-order valence-corrected chi connectivity index (χ4v) is 9.80. The lowest BCUT2D eigenvalue weighted by Gasteiger charge is -2.33. The second-order valence-corrected chi connectivity index (χ2v) is 17.8. The summed E-state index contributed by atoms with van der Waals surface area (Å²) in [5, 5.41) is 14.5. The second-order valence-electron chi connectivity index (χ2n) is 17.8. The van der Waals surface area contributed by atoms with E-state index in [4.69, 9.17) is 14.7 Å². The number of benzene rings is 3. The van der Waals surface area contributed by atoms with Crippen molar-refractivity contribution in [1.29, 1.82) is 0 Å².